The van der Waals surface area contributed by atoms with Gasteiger partial charge in [0.05, 0.1) is 0 Å². The van der Waals surface area contributed by atoms with Crippen LogP contribution in [0.3, 0.4) is 0 Å². The molecule has 72 valence electrons. The van der Waals surface area contributed by atoms with E-state index in [-0.39, 0.29) is 0 Å². The second kappa shape index (κ2) is 3.98. The van der Waals surface area contributed by atoms with E-state index in [1.807, 2.05) is 10.6 Å². The molecule has 2 heterocycles. The molecule has 1 aromatic heterocycles. The molecule has 0 saturated carbocycles. The van der Waals surface area contributed by atoms with Crippen molar-refractivity contribution in [2.45, 2.75) is 18.9 Å². The molecule has 1 aliphatic rings. The number of piperidine rings is 1. The highest BCUT2D eigenvalue weighted by molar-refractivity contribution is 6.13. The molecule has 4 nitrogen and oxygen atoms in total. The maximum absolute atomic E-state index is 5.85. The maximum atomic E-state index is 5.85. The van der Waals surface area contributed by atoms with Crippen molar-refractivity contribution in [2.75, 3.05) is 18.4 Å². The maximum Gasteiger partial charge on any atom is 0.200 e. The van der Waals surface area contributed by atoms with Gasteiger partial charge >= 0.3 is 0 Å². The highest BCUT2D eigenvalue weighted by Gasteiger charge is 2.17. The smallest absolute Gasteiger partial charge is 0.200 e. The fourth-order valence-electron chi connectivity index (χ4n) is 1.53. The van der Waals surface area contributed by atoms with Crippen LogP contribution in [0.15, 0.2) is 12.4 Å². The van der Waals surface area contributed by atoms with Crippen LogP contribution in [0.4, 0.5) is 5.95 Å². The van der Waals surface area contributed by atoms with Crippen LogP contribution < -0.4 is 5.32 Å². The van der Waals surface area contributed by atoms with Crippen LogP contribution in [0, 0.1) is 0 Å². The summed E-state index contributed by atoms with van der Waals surface area (Å²) in [5, 5.41) is 3.33. The Labute approximate surface area is 82.4 Å². The molecule has 0 radical (unpaired) electrons. The Balaban J connectivity index is 1.83. The first kappa shape index (κ1) is 8.84. The zero-order valence-corrected chi connectivity index (χ0v) is 8.09. The molecule has 0 bridgehead atoms. The van der Waals surface area contributed by atoms with Crippen LogP contribution in [-0.2, 0) is 0 Å². The molecule has 0 spiro atoms. The SMILES string of the molecule is ClN1CCC(Nc2ncc[nH]2)CC1. The van der Waals surface area contributed by atoms with Gasteiger partial charge in [0, 0.05) is 31.5 Å². The fraction of sp³-hybridized carbons (Fsp3) is 0.625. The number of hydrogen-bond donors (Lipinski definition) is 2. The number of aromatic nitrogens is 2. The number of anilines is 1. The van der Waals surface area contributed by atoms with Crippen LogP contribution in [0.5, 0.6) is 0 Å². The van der Waals surface area contributed by atoms with Crippen LogP contribution in [-0.4, -0.2) is 33.5 Å². The zero-order valence-electron chi connectivity index (χ0n) is 7.33. The summed E-state index contributed by atoms with van der Waals surface area (Å²) < 4.78 is 1.83. The number of hydrogen-bond acceptors (Lipinski definition) is 3. The summed E-state index contributed by atoms with van der Waals surface area (Å²) in [4.78, 5) is 7.14. The van der Waals surface area contributed by atoms with Gasteiger partial charge in [0.1, 0.15) is 0 Å². The monoisotopic (exact) mass is 200 g/mol. The van der Waals surface area contributed by atoms with Gasteiger partial charge in [-0.2, -0.15) is 0 Å². The highest BCUT2D eigenvalue weighted by Crippen LogP contribution is 2.14. The minimum Gasteiger partial charge on any atom is -0.353 e. The molecule has 1 fully saturated rings. The molecular formula is C8H13ClN4. The molecule has 0 unspecified atom stereocenters. The lowest BCUT2D eigenvalue weighted by atomic mass is 10.1. The lowest BCUT2D eigenvalue weighted by molar-refractivity contribution is 0.347. The lowest BCUT2D eigenvalue weighted by Gasteiger charge is -2.27. The molecule has 1 aromatic rings. The molecule has 5 heteroatoms. The van der Waals surface area contributed by atoms with Gasteiger partial charge < -0.3 is 10.3 Å². The number of nitrogens with one attached hydrogen (secondary N) is 2. The van der Waals surface area contributed by atoms with Gasteiger partial charge in [0.2, 0.25) is 0 Å². The minimum atomic E-state index is 0.501. The topological polar surface area (TPSA) is 44.0 Å². The van der Waals surface area contributed by atoms with Crippen molar-refractivity contribution in [1.29, 1.82) is 0 Å². The molecule has 0 aliphatic carbocycles. The third kappa shape index (κ3) is 2.35. The second-order valence-corrected chi connectivity index (χ2v) is 3.74. The summed E-state index contributed by atoms with van der Waals surface area (Å²) in [5.41, 5.74) is 0. The standard InChI is InChI=1S/C8H13ClN4/c9-13-5-1-7(2-6-13)12-8-10-3-4-11-8/h3-4,7H,1-2,5-6H2,(H2,10,11,12). The Morgan fingerprint density at radius 1 is 1.54 bits per heavy atom. The molecule has 1 aliphatic heterocycles. The van der Waals surface area contributed by atoms with E-state index in [1.54, 1.807) is 6.20 Å². The Morgan fingerprint density at radius 3 is 2.92 bits per heavy atom. The number of H-pyrrole nitrogens is 1. The van der Waals surface area contributed by atoms with E-state index in [0.29, 0.717) is 6.04 Å². The largest absolute Gasteiger partial charge is 0.353 e. The third-order valence-corrected chi connectivity index (χ3v) is 2.62. The highest BCUT2D eigenvalue weighted by atomic mass is 35.5. The first-order valence-corrected chi connectivity index (χ1v) is 4.85. The molecule has 1 saturated heterocycles. The third-order valence-electron chi connectivity index (χ3n) is 2.28. The molecular weight excluding hydrogens is 188 g/mol. The van der Waals surface area contributed by atoms with Crippen LogP contribution in [0.1, 0.15) is 12.8 Å². The lowest BCUT2D eigenvalue weighted by Crippen LogP contribution is -2.34. The summed E-state index contributed by atoms with van der Waals surface area (Å²) in [7, 11) is 0. The molecule has 0 aromatic carbocycles. The van der Waals surface area contributed by atoms with Crippen LogP contribution in [0.25, 0.3) is 0 Å². The number of halogens is 1. The Bertz CT molecular complexity index is 241. The van der Waals surface area contributed by atoms with Gasteiger partial charge in [-0.1, -0.05) is 0 Å². The Kier molecular flexibility index (Phi) is 2.71. The number of nitrogens with zero attached hydrogens (tertiary/aromatic N) is 2. The van der Waals surface area contributed by atoms with Crippen LogP contribution in [0.2, 0.25) is 0 Å². The average molecular weight is 201 g/mol. The van der Waals surface area contributed by atoms with E-state index in [9.17, 15) is 0 Å². The minimum absolute atomic E-state index is 0.501. The van der Waals surface area contributed by atoms with Crippen molar-refractivity contribution in [3.63, 3.8) is 0 Å². The quantitative estimate of drug-likeness (QED) is 0.711. The number of imidazole rings is 1. The zero-order chi connectivity index (χ0) is 9.10. The molecule has 13 heavy (non-hydrogen) atoms. The van der Waals surface area contributed by atoms with E-state index in [1.165, 1.54) is 0 Å². The predicted octanol–water partition coefficient (Wildman–Crippen LogP) is 1.44. The average Bonchev–Trinajstić information content (AvgIpc) is 2.62. The molecule has 2 rings (SSSR count). The first-order chi connectivity index (χ1) is 6.34. The Morgan fingerprint density at radius 2 is 2.31 bits per heavy atom. The van der Waals surface area contributed by atoms with Crippen LogP contribution >= 0.6 is 11.8 Å². The van der Waals surface area contributed by atoms with Crippen molar-refractivity contribution in [3.05, 3.63) is 12.4 Å². The number of rotatable bonds is 2. The Hall–Kier alpha value is -0.740. The molecule has 0 amide bonds. The summed E-state index contributed by atoms with van der Waals surface area (Å²) >= 11 is 5.85. The summed E-state index contributed by atoms with van der Waals surface area (Å²) in [6.07, 6.45) is 5.71. The van der Waals surface area contributed by atoms with Gasteiger partial charge in [-0.15, -0.1) is 0 Å². The number of aromatic amines is 1. The summed E-state index contributed by atoms with van der Waals surface area (Å²) in [6, 6.07) is 0.501. The van der Waals surface area contributed by atoms with Gasteiger partial charge in [0.25, 0.3) is 0 Å². The van der Waals surface area contributed by atoms with Gasteiger partial charge in [-0.05, 0) is 24.6 Å². The van der Waals surface area contributed by atoms with E-state index in [4.69, 9.17) is 11.8 Å². The van der Waals surface area contributed by atoms with Crippen molar-refractivity contribution in [3.8, 4) is 0 Å². The van der Waals surface area contributed by atoms with Crippen molar-refractivity contribution in [1.82, 2.24) is 14.4 Å². The van der Waals surface area contributed by atoms with E-state index < -0.39 is 0 Å². The fourth-order valence-corrected chi connectivity index (χ4v) is 1.73. The second-order valence-electron chi connectivity index (χ2n) is 3.27. The van der Waals surface area contributed by atoms with Gasteiger partial charge in [-0.25, -0.2) is 9.40 Å². The molecule has 2 N–H and O–H groups in total. The van der Waals surface area contributed by atoms with Crippen molar-refractivity contribution < 1.29 is 0 Å². The normalized spacial score (nSPS) is 20.4. The van der Waals surface area contributed by atoms with E-state index in [2.05, 4.69) is 15.3 Å². The first-order valence-electron chi connectivity index (χ1n) is 4.51. The van der Waals surface area contributed by atoms with Gasteiger partial charge in [0.15, 0.2) is 5.95 Å². The van der Waals surface area contributed by atoms with Crippen molar-refractivity contribution >= 4 is 17.7 Å². The summed E-state index contributed by atoms with van der Waals surface area (Å²) in [6.45, 7) is 1.89. The van der Waals surface area contributed by atoms with Gasteiger partial charge in [-0.3, -0.25) is 0 Å². The van der Waals surface area contributed by atoms with E-state index >= 15 is 0 Å². The molecule has 0 atom stereocenters. The predicted molar refractivity (Wildman–Crippen MR) is 52.7 cm³/mol. The summed E-state index contributed by atoms with van der Waals surface area (Å²) in [5.74, 6) is 0.855. The van der Waals surface area contributed by atoms with Crippen molar-refractivity contribution in [2.24, 2.45) is 0 Å². The van der Waals surface area contributed by atoms with E-state index in [0.717, 1.165) is 31.9 Å².